The molecule has 0 heterocycles. The molecule has 1 aromatic carbocycles. The van der Waals surface area contributed by atoms with Crippen LogP contribution < -0.4 is 5.32 Å². The van der Waals surface area contributed by atoms with E-state index in [2.05, 4.69) is 5.32 Å². The van der Waals surface area contributed by atoms with Gasteiger partial charge in [-0.15, -0.1) is 0 Å². The molecule has 2 rings (SSSR count). The number of halogens is 3. The predicted octanol–water partition coefficient (Wildman–Crippen LogP) is 4.64. The van der Waals surface area contributed by atoms with Crippen LogP contribution in [0.1, 0.15) is 44.7 Å². The number of carbonyl (C=O) groups excluding carboxylic acids is 1. The van der Waals surface area contributed by atoms with E-state index >= 15 is 0 Å². The third-order valence-electron chi connectivity index (χ3n) is 3.95. The Morgan fingerprint density at radius 1 is 1.38 bits per heavy atom. The Kier molecular flexibility index (Phi) is 7.24. The van der Waals surface area contributed by atoms with E-state index in [0.29, 0.717) is 24.0 Å². The van der Waals surface area contributed by atoms with Crippen LogP contribution in [0.2, 0.25) is 5.02 Å². The molecule has 1 amide bonds. The molecule has 26 heavy (non-hydrogen) atoms. The van der Waals surface area contributed by atoms with Gasteiger partial charge < -0.3 is 15.0 Å². The van der Waals surface area contributed by atoms with E-state index in [-0.39, 0.29) is 6.54 Å². The number of hydrogen-bond acceptors (Lipinski definition) is 3. The molecular weight excluding hydrogens is 362 g/mol. The standard InChI is InChI=1S/C19H27ClF2N2O2/c1-19(2,3)26-18(25)24(12-17(21)22)9-8-13-4-7-16(20)14(10-13)11-23-15-5-6-15/h4,7,10,15,17,23H,5-6,8-9,11-12H2,1-3H3. The fourth-order valence-corrected chi connectivity index (χ4v) is 2.66. The minimum absolute atomic E-state index is 0.163. The van der Waals surface area contributed by atoms with Crippen molar-refractivity contribution in [2.24, 2.45) is 0 Å². The van der Waals surface area contributed by atoms with Crippen LogP contribution in [-0.2, 0) is 17.7 Å². The Hall–Kier alpha value is -1.40. The van der Waals surface area contributed by atoms with Crippen molar-refractivity contribution < 1.29 is 18.3 Å². The molecule has 1 saturated carbocycles. The van der Waals surface area contributed by atoms with Crippen LogP contribution >= 0.6 is 11.6 Å². The molecular formula is C19H27ClF2N2O2. The van der Waals surface area contributed by atoms with Gasteiger partial charge in [-0.1, -0.05) is 23.7 Å². The molecule has 7 heteroatoms. The van der Waals surface area contributed by atoms with Crippen molar-refractivity contribution in [3.05, 3.63) is 34.3 Å². The van der Waals surface area contributed by atoms with Crippen molar-refractivity contribution in [1.29, 1.82) is 0 Å². The summed E-state index contributed by atoms with van der Waals surface area (Å²) in [5.74, 6) is 0. The normalized spacial score (nSPS) is 14.6. The van der Waals surface area contributed by atoms with Gasteiger partial charge in [-0.05, 0) is 57.2 Å². The van der Waals surface area contributed by atoms with Crippen LogP contribution in [0.5, 0.6) is 0 Å². The average Bonchev–Trinajstić information content (AvgIpc) is 3.33. The monoisotopic (exact) mass is 388 g/mol. The first-order valence-electron chi connectivity index (χ1n) is 8.91. The maximum atomic E-state index is 12.8. The average molecular weight is 389 g/mol. The van der Waals surface area contributed by atoms with E-state index in [4.69, 9.17) is 16.3 Å². The highest BCUT2D eigenvalue weighted by Gasteiger charge is 2.24. The Labute approximate surface area is 158 Å². The summed E-state index contributed by atoms with van der Waals surface area (Å²) in [6.45, 7) is 5.34. The zero-order valence-corrected chi connectivity index (χ0v) is 16.3. The molecule has 146 valence electrons. The van der Waals surface area contributed by atoms with Crippen molar-refractivity contribution in [3.8, 4) is 0 Å². The van der Waals surface area contributed by atoms with Crippen molar-refractivity contribution in [3.63, 3.8) is 0 Å². The lowest BCUT2D eigenvalue weighted by atomic mass is 10.1. The topological polar surface area (TPSA) is 41.6 Å². The largest absolute Gasteiger partial charge is 0.444 e. The number of nitrogens with zero attached hydrogens (tertiary/aromatic N) is 1. The Morgan fingerprint density at radius 2 is 2.08 bits per heavy atom. The summed E-state index contributed by atoms with van der Waals surface area (Å²) in [6, 6.07) is 6.21. The van der Waals surface area contributed by atoms with Gasteiger partial charge in [0.25, 0.3) is 6.43 Å². The minimum Gasteiger partial charge on any atom is -0.444 e. The van der Waals surface area contributed by atoms with E-state index < -0.39 is 24.7 Å². The number of nitrogens with one attached hydrogen (secondary N) is 1. The maximum Gasteiger partial charge on any atom is 0.410 e. The van der Waals surface area contributed by atoms with Gasteiger partial charge >= 0.3 is 6.09 Å². The lowest BCUT2D eigenvalue weighted by molar-refractivity contribution is 0.0106. The Morgan fingerprint density at radius 3 is 2.65 bits per heavy atom. The molecule has 1 aliphatic rings. The van der Waals surface area contributed by atoms with Crippen LogP contribution in [0.4, 0.5) is 13.6 Å². The molecule has 0 aromatic heterocycles. The molecule has 0 atom stereocenters. The van der Waals surface area contributed by atoms with Crippen LogP contribution in [0, 0.1) is 0 Å². The first kappa shape index (κ1) is 20.9. The maximum absolute atomic E-state index is 12.8. The van der Waals surface area contributed by atoms with E-state index in [0.717, 1.165) is 16.0 Å². The van der Waals surface area contributed by atoms with Gasteiger partial charge in [0.05, 0.1) is 6.54 Å². The predicted molar refractivity (Wildman–Crippen MR) is 98.8 cm³/mol. The lowest BCUT2D eigenvalue weighted by Crippen LogP contribution is -2.40. The van der Waals surface area contributed by atoms with Crippen LogP contribution in [0.3, 0.4) is 0 Å². The Bertz CT molecular complexity index is 616. The second kappa shape index (κ2) is 9.00. The molecule has 0 saturated heterocycles. The third kappa shape index (κ3) is 7.46. The van der Waals surface area contributed by atoms with Crippen LogP contribution in [0.25, 0.3) is 0 Å². The van der Waals surface area contributed by atoms with Gasteiger partial charge in [-0.2, -0.15) is 0 Å². The molecule has 0 aliphatic heterocycles. The van der Waals surface area contributed by atoms with Gasteiger partial charge in [0.15, 0.2) is 0 Å². The number of benzene rings is 1. The number of carbonyl (C=O) groups is 1. The summed E-state index contributed by atoms with van der Waals surface area (Å²) < 4.78 is 30.9. The van der Waals surface area contributed by atoms with Crippen molar-refractivity contribution in [1.82, 2.24) is 10.2 Å². The molecule has 1 aliphatic carbocycles. The van der Waals surface area contributed by atoms with Crippen LogP contribution in [-0.4, -0.2) is 42.2 Å². The van der Waals surface area contributed by atoms with Crippen molar-refractivity contribution in [2.75, 3.05) is 13.1 Å². The van der Waals surface area contributed by atoms with Gasteiger partial charge in [-0.3, -0.25) is 0 Å². The zero-order valence-electron chi connectivity index (χ0n) is 15.5. The fraction of sp³-hybridized carbons (Fsp3) is 0.632. The minimum atomic E-state index is -2.61. The number of hydrogen-bond donors (Lipinski definition) is 1. The molecule has 0 unspecified atom stereocenters. The summed E-state index contributed by atoms with van der Waals surface area (Å²) in [7, 11) is 0. The quantitative estimate of drug-likeness (QED) is 0.705. The van der Waals surface area contributed by atoms with Crippen molar-refractivity contribution >= 4 is 17.7 Å². The molecule has 1 fully saturated rings. The molecule has 4 nitrogen and oxygen atoms in total. The second-order valence-corrected chi connectivity index (χ2v) is 8.06. The molecule has 0 spiro atoms. The van der Waals surface area contributed by atoms with Crippen LogP contribution in [0.15, 0.2) is 18.2 Å². The van der Waals surface area contributed by atoms with Gasteiger partial charge in [-0.25, -0.2) is 13.6 Å². The first-order valence-corrected chi connectivity index (χ1v) is 9.28. The van der Waals surface area contributed by atoms with Gasteiger partial charge in [0.1, 0.15) is 5.60 Å². The summed E-state index contributed by atoms with van der Waals surface area (Å²) in [5.41, 5.74) is 1.21. The summed E-state index contributed by atoms with van der Waals surface area (Å²) in [4.78, 5) is 13.2. The molecule has 1 aromatic rings. The van der Waals surface area contributed by atoms with Gasteiger partial charge in [0, 0.05) is 24.2 Å². The SMILES string of the molecule is CC(C)(C)OC(=O)N(CCc1ccc(Cl)c(CNC2CC2)c1)CC(F)F. The number of amides is 1. The van der Waals surface area contributed by atoms with Gasteiger partial charge in [0.2, 0.25) is 0 Å². The zero-order chi connectivity index (χ0) is 19.3. The summed E-state index contributed by atoms with van der Waals surface area (Å²) >= 11 is 6.23. The lowest BCUT2D eigenvalue weighted by Gasteiger charge is -2.27. The number of rotatable bonds is 8. The van der Waals surface area contributed by atoms with Crippen molar-refractivity contribution in [2.45, 2.75) is 64.6 Å². The molecule has 1 N–H and O–H groups in total. The smallest absolute Gasteiger partial charge is 0.410 e. The fourth-order valence-electron chi connectivity index (χ4n) is 2.48. The Balaban J connectivity index is 1.97. The second-order valence-electron chi connectivity index (χ2n) is 7.65. The van der Waals surface area contributed by atoms with E-state index in [1.165, 1.54) is 12.8 Å². The first-order chi connectivity index (χ1) is 12.1. The van der Waals surface area contributed by atoms with E-state index in [9.17, 15) is 13.6 Å². The third-order valence-corrected chi connectivity index (χ3v) is 4.32. The number of ether oxygens (including phenoxy) is 1. The highest BCUT2D eigenvalue weighted by molar-refractivity contribution is 6.31. The molecule has 0 bridgehead atoms. The highest BCUT2D eigenvalue weighted by Crippen LogP contribution is 2.23. The summed E-state index contributed by atoms with van der Waals surface area (Å²) in [6.07, 6.45) is -0.487. The van der Waals surface area contributed by atoms with E-state index in [1.54, 1.807) is 20.8 Å². The summed E-state index contributed by atoms with van der Waals surface area (Å²) in [5, 5.41) is 4.09. The number of alkyl halides is 2. The van der Waals surface area contributed by atoms with E-state index in [1.807, 2.05) is 18.2 Å². The highest BCUT2D eigenvalue weighted by atomic mass is 35.5. The molecule has 0 radical (unpaired) electrons.